The second-order valence-electron chi connectivity index (χ2n) is 7.86. The first-order valence-corrected chi connectivity index (χ1v) is 11.8. The molecular weight excluding hydrogens is 380 g/mol. The third-order valence-electron chi connectivity index (χ3n) is 5.75. The van der Waals surface area contributed by atoms with Gasteiger partial charge in [0.1, 0.15) is 10.6 Å². The lowest BCUT2D eigenvalue weighted by Crippen LogP contribution is -2.44. The predicted octanol–water partition coefficient (Wildman–Crippen LogP) is 1.83. The molecule has 0 aliphatic carbocycles. The Labute approximate surface area is 167 Å². The number of fused-ring (bicyclic) bond motifs is 1. The van der Waals surface area contributed by atoms with Crippen molar-refractivity contribution in [1.82, 2.24) is 19.7 Å². The molecule has 2 aliphatic rings. The van der Waals surface area contributed by atoms with Crippen LogP contribution < -0.4 is 5.32 Å². The zero-order valence-electron chi connectivity index (χ0n) is 16.9. The van der Waals surface area contributed by atoms with E-state index in [1.165, 1.54) is 0 Å². The Balaban J connectivity index is 1.76. The molecular formula is C19H32N4O4S. The maximum atomic E-state index is 13.3. The molecule has 0 aromatic carbocycles. The Hall–Kier alpha value is -1.45. The van der Waals surface area contributed by atoms with Gasteiger partial charge in [-0.05, 0) is 59.0 Å². The van der Waals surface area contributed by atoms with Crippen LogP contribution in [0.25, 0.3) is 0 Å². The number of piperidine rings is 1. The topological polar surface area (TPSA) is 95.7 Å². The first kappa shape index (κ1) is 21.3. The van der Waals surface area contributed by atoms with E-state index in [1.807, 2.05) is 0 Å². The summed E-state index contributed by atoms with van der Waals surface area (Å²) in [7, 11) is -3.65. The summed E-state index contributed by atoms with van der Waals surface area (Å²) >= 11 is 0. The highest BCUT2D eigenvalue weighted by atomic mass is 32.2. The van der Waals surface area contributed by atoms with Crippen molar-refractivity contribution in [2.45, 2.75) is 69.7 Å². The number of carbonyl (C=O) groups is 1. The Morgan fingerprint density at radius 2 is 1.75 bits per heavy atom. The molecule has 2 saturated heterocycles. The van der Waals surface area contributed by atoms with Crippen LogP contribution in [0.2, 0.25) is 0 Å². The van der Waals surface area contributed by atoms with Gasteiger partial charge in [-0.1, -0.05) is 11.6 Å². The minimum atomic E-state index is -3.65. The summed E-state index contributed by atoms with van der Waals surface area (Å²) in [4.78, 5) is 14.8. The molecule has 8 nitrogen and oxygen atoms in total. The third-order valence-corrected chi connectivity index (χ3v) is 7.89. The Morgan fingerprint density at radius 1 is 1.04 bits per heavy atom. The molecule has 0 saturated carbocycles. The average molecular weight is 413 g/mol. The minimum Gasteiger partial charge on any atom is -0.360 e. The first-order valence-electron chi connectivity index (χ1n) is 10.3. The van der Waals surface area contributed by atoms with E-state index in [1.54, 1.807) is 18.2 Å². The van der Waals surface area contributed by atoms with Crippen molar-refractivity contribution >= 4 is 15.9 Å². The lowest BCUT2D eigenvalue weighted by Gasteiger charge is -2.35. The number of nitrogens with one attached hydrogen (secondary N) is 1. The number of amides is 1. The van der Waals surface area contributed by atoms with Crippen molar-refractivity contribution in [2.24, 2.45) is 0 Å². The van der Waals surface area contributed by atoms with Crippen molar-refractivity contribution in [2.75, 3.05) is 32.7 Å². The Bertz CT molecular complexity index is 757. The van der Waals surface area contributed by atoms with E-state index in [-0.39, 0.29) is 16.8 Å². The number of hydrogen-bond donors (Lipinski definition) is 1. The predicted molar refractivity (Wildman–Crippen MR) is 105 cm³/mol. The molecule has 158 valence electrons. The molecule has 1 aromatic heterocycles. The summed E-state index contributed by atoms with van der Waals surface area (Å²) < 4.78 is 33.2. The summed E-state index contributed by atoms with van der Waals surface area (Å²) in [5.41, 5.74) is 0.406. The number of sulfonamides is 1. The summed E-state index contributed by atoms with van der Waals surface area (Å²) in [5.74, 6) is 0.445. The minimum absolute atomic E-state index is 0.108. The van der Waals surface area contributed by atoms with Gasteiger partial charge in [-0.25, -0.2) is 8.42 Å². The summed E-state index contributed by atoms with van der Waals surface area (Å²) in [6.07, 6.45) is 6.08. The number of carbonyl (C=O) groups excluding carboxylic acids is 1. The molecule has 2 fully saturated rings. The molecule has 9 heteroatoms. The van der Waals surface area contributed by atoms with E-state index in [0.717, 1.165) is 45.2 Å². The zero-order chi connectivity index (χ0) is 20.1. The van der Waals surface area contributed by atoms with Crippen molar-refractivity contribution in [1.29, 1.82) is 0 Å². The fourth-order valence-corrected chi connectivity index (χ4v) is 6.10. The van der Waals surface area contributed by atoms with Crippen LogP contribution in [0.4, 0.5) is 0 Å². The molecule has 3 heterocycles. The van der Waals surface area contributed by atoms with Gasteiger partial charge in [0.2, 0.25) is 15.9 Å². The van der Waals surface area contributed by atoms with E-state index in [4.69, 9.17) is 4.52 Å². The van der Waals surface area contributed by atoms with Crippen LogP contribution in [0, 0.1) is 13.8 Å². The SMILES string of the molecule is Cc1noc(C)c1S(=O)(=O)N1CCCCNC(=O)CC2CCCCN2CCC1. The van der Waals surface area contributed by atoms with Gasteiger partial charge in [0.25, 0.3) is 0 Å². The third kappa shape index (κ3) is 4.93. The average Bonchev–Trinajstić information content (AvgIpc) is 3.00. The van der Waals surface area contributed by atoms with Crippen molar-refractivity contribution in [3.8, 4) is 0 Å². The van der Waals surface area contributed by atoms with E-state index < -0.39 is 10.0 Å². The molecule has 28 heavy (non-hydrogen) atoms. The molecule has 0 bridgehead atoms. The monoisotopic (exact) mass is 412 g/mol. The van der Waals surface area contributed by atoms with Gasteiger partial charge in [0.05, 0.1) is 0 Å². The van der Waals surface area contributed by atoms with Crippen LogP contribution in [0.3, 0.4) is 0 Å². The number of hydrogen-bond acceptors (Lipinski definition) is 6. The van der Waals surface area contributed by atoms with Crippen LogP contribution in [0.5, 0.6) is 0 Å². The molecule has 1 atom stereocenters. The van der Waals surface area contributed by atoms with Crippen LogP contribution in [-0.4, -0.2) is 67.5 Å². The zero-order valence-corrected chi connectivity index (χ0v) is 17.8. The van der Waals surface area contributed by atoms with E-state index in [2.05, 4.69) is 15.4 Å². The molecule has 1 aromatic rings. The molecule has 1 amide bonds. The maximum absolute atomic E-state index is 13.3. The second kappa shape index (κ2) is 9.37. The van der Waals surface area contributed by atoms with Crippen LogP contribution in [0.15, 0.2) is 9.42 Å². The highest BCUT2D eigenvalue weighted by Gasteiger charge is 2.31. The maximum Gasteiger partial charge on any atom is 0.248 e. The largest absolute Gasteiger partial charge is 0.360 e. The summed E-state index contributed by atoms with van der Waals surface area (Å²) in [5, 5.41) is 6.81. The van der Waals surface area contributed by atoms with Gasteiger partial charge in [-0.3, -0.25) is 9.69 Å². The fourth-order valence-electron chi connectivity index (χ4n) is 4.29. The highest BCUT2D eigenvalue weighted by molar-refractivity contribution is 7.89. The highest BCUT2D eigenvalue weighted by Crippen LogP contribution is 2.25. The lowest BCUT2D eigenvalue weighted by atomic mass is 9.98. The van der Waals surface area contributed by atoms with E-state index >= 15 is 0 Å². The van der Waals surface area contributed by atoms with Gasteiger partial charge >= 0.3 is 0 Å². The lowest BCUT2D eigenvalue weighted by molar-refractivity contribution is -0.122. The van der Waals surface area contributed by atoms with Crippen LogP contribution in [-0.2, 0) is 14.8 Å². The standard InChI is InChI=1S/C19H32N4O4S/c1-15-19(16(2)27-21-15)28(25,26)23-12-6-4-9-20-18(24)14-17-8-3-5-10-22(17)11-7-13-23/h17H,3-14H2,1-2H3,(H,20,24). The molecule has 3 rings (SSSR count). The van der Waals surface area contributed by atoms with Gasteiger partial charge in [0.15, 0.2) is 5.76 Å². The molecule has 0 spiro atoms. The second-order valence-corrected chi connectivity index (χ2v) is 9.73. The quantitative estimate of drug-likeness (QED) is 0.796. The van der Waals surface area contributed by atoms with Crippen LogP contribution in [0.1, 0.15) is 56.4 Å². The Morgan fingerprint density at radius 3 is 2.50 bits per heavy atom. The van der Waals surface area contributed by atoms with Gasteiger partial charge in [-0.2, -0.15) is 4.31 Å². The summed E-state index contributed by atoms with van der Waals surface area (Å²) in [6.45, 7) is 6.59. The smallest absolute Gasteiger partial charge is 0.248 e. The van der Waals surface area contributed by atoms with Crippen molar-refractivity contribution in [3.05, 3.63) is 11.5 Å². The van der Waals surface area contributed by atoms with Crippen molar-refractivity contribution in [3.63, 3.8) is 0 Å². The normalized spacial score (nSPS) is 24.5. The fraction of sp³-hybridized carbons (Fsp3) is 0.789. The van der Waals surface area contributed by atoms with E-state index in [9.17, 15) is 13.2 Å². The number of nitrogens with zero attached hydrogens (tertiary/aromatic N) is 3. The Kier molecular flexibility index (Phi) is 7.11. The van der Waals surface area contributed by atoms with Gasteiger partial charge in [-0.15, -0.1) is 0 Å². The molecule has 1 N–H and O–H groups in total. The van der Waals surface area contributed by atoms with Crippen LogP contribution >= 0.6 is 0 Å². The van der Waals surface area contributed by atoms with Gasteiger partial charge in [0, 0.05) is 32.1 Å². The number of rotatable bonds is 2. The molecule has 0 radical (unpaired) electrons. The van der Waals surface area contributed by atoms with E-state index in [0.29, 0.717) is 43.9 Å². The molecule has 1 unspecified atom stereocenters. The van der Waals surface area contributed by atoms with Crippen molar-refractivity contribution < 1.29 is 17.7 Å². The molecule has 2 aliphatic heterocycles. The number of aryl methyl sites for hydroxylation is 2. The first-order chi connectivity index (χ1) is 13.4. The van der Waals surface area contributed by atoms with Gasteiger partial charge < -0.3 is 9.84 Å². The number of aromatic nitrogens is 1. The summed E-state index contributed by atoms with van der Waals surface area (Å²) in [6, 6.07) is 0.266.